The molecule has 1 atom stereocenters. The van der Waals surface area contributed by atoms with Crippen molar-refractivity contribution in [1.82, 2.24) is 14.7 Å². The fraction of sp³-hybridized carbons (Fsp3) is 0.385. The number of rotatable bonds is 7. The summed E-state index contributed by atoms with van der Waals surface area (Å²) in [5.41, 5.74) is 1.58. The maximum atomic E-state index is 14.0. The zero-order chi connectivity index (χ0) is 24.5. The third kappa shape index (κ3) is 4.69. The van der Waals surface area contributed by atoms with Crippen LogP contribution in [0.2, 0.25) is 0 Å². The Balaban J connectivity index is 1.86. The smallest absolute Gasteiger partial charge is 0.333 e. The van der Waals surface area contributed by atoms with E-state index in [0.717, 1.165) is 35.3 Å². The number of hydrogen-bond acceptors (Lipinski definition) is 3. The van der Waals surface area contributed by atoms with Crippen molar-refractivity contribution < 1.29 is 18.0 Å². The first-order chi connectivity index (χ1) is 16.3. The summed E-state index contributed by atoms with van der Waals surface area (Å²) in [5.74, 6) is -0.413. The molecule has 0 radical (unpaired) electrons. The quantitative estimate of drug-likeness (QED) is 0.350. The number of amides is 1. The van der Waals surface area contributed by atoms with Gasteiger partial charge in [-0.1, -0.05) is 51.1 Å². The van der Waals surface area contributed by atoms with Gasteiger partial charge in [0, 0.05) is 40.5 Å². The minimum absolute atomic E-state index is 0.0823. The number of benzene rings is 1. The van der Waals surface area contributed by atoms with Gasteiger partial charge in [-0.2, -0.15) is 18.3 Å². The van der Waals surface area contributed by atoms with Crippen molar-refractivity contribution in [3.63, 3.8) is 0 Å². The number of carbonyl (C=O) groups excluding carboxylic acids is 1. The molecule has 4 rings (SSSR count). The van der Waals surface area contributed by atoms with Crippen molar-refractivity contribution in [3.8, 4) is 11.1 Å². The molecule has 2 aromatic heterocycles. The Morgan fingerprint density at radius 2 is 2.00 bits per heavy atom. The number of aryl methyl sites for hydroxylation is 2. The van der Waals surface area contributed by atoms with Gasteiger partial charge < -0.3 is 4.90 Å². The van der Waals surface area contributed by atoms with Crippen molar-refractivity contribution in [1.29, 1.82) is 0 Å². The highest BCUT2D eigenvalue weighted by Crippen LogP contribution is 2.44. The summed E-state index contributed by atoms with van der Waals surface area (Å²) in [6.45, 7) is 9.00. The van der Waals surface area contributed by atoms with Crippen LogP contribution in [0, 0.1) is 0 Å². The van der Waals surface area contributed by atoms with Crippen LogP contribution in [0.1, 0.15) is 59.2 Å². The van der Waals surface area contributed by atoms with E-state index in [2.05, 4.69) is 24.7 Å². The second-order valence-corrected chi connectivity index (χ2v) is 9.73. The molecular weight excluding hydrogens is 459 g/mol. The Morgan fingerprint density at radius 1 is 1.24 bits per heavy atom. The van der Waals surface area contributed by atoms with Gasteiger partial charge in [0.15, 0.2) is 5.69 Å². The Labute approximate surface area is 201 Å². The van der Waals surface area contributed by atoms with Crippen LogP contribution in [0.25, 0.3) is 11.1 Å². The van der Waals surface area contributed by atoms with Crippen molar-refractivity contribution in [2.75, 3.05) is 6.54 Å². The van der Waals surface area contributed by atoms with E-state index in [1.54, 1.807) is 28.4 Å². The normalized spacial score (nSPS) is 15.9. The number of aromatic nitrogens is 2. The van der Waals surface area contributed by atoms with Crippen LogP contribution in [0.4, 0.5) is 13.2 Å². The molecular formula is C26H28F3N3OS. The van der Waals surface area contributed by atoms with E-state index in [1.165, 1.54) is 21.8 Å². The van der Waals surface area contributed by atoms with Crippen LogP contribution in [0.15, 0.2) is 49.2 Å². The van der Waals surface area contributed by atoms with Gasteiger partial charge in [-0.3, -0.25) is 9.48 Å². The Morgan fingerprint density at radius 3 is 2.68 bits per heavy atom. The van der Waals surface area contributed by atoms with Gasteiger partial charge in [-0.25, -0.2) is 0 Å². The minimum atomic E-state index is -4.57. The van der Waals surface area contributed by atoms with Gasteiger partial charge in [-0.05, 0) is 41.7 Å². The molecule has 0 aliphatic carbocycles. The standard InChI is InChI=1S/C26H28F3N3OS/c1-4-7-12-32-15-22(25(30-32)26(27,28)29)19-11-9-8-10-18(19)21-14-31(24(33)6-3)16-23-20(21)13-17(5-2)34-23/h6,8-11,13,15,21H,3-5,7,12,14,16H2,1-2H3. The Kier molecular flexibility index (Phi) is 6.98. The number of alkyl halides is 3. The van der Waals surface area contributed by atoms with E-state index >= 15 is 0 Å². The molecule has 0 saturated heterocycles. The highest BCUT2D eigenvalue weighted by molar-refractivity contribution is 7.12. The number of nitrogens with zero attached hydrogens (tertiary/aromatic N) is 3. The molecule has 0 bridgehead atoms. The maximum Gasteiger partial charge on any atom is 0.435 e. The lowest BCUT2D eigenvalue weighted by molar-refractivity contribution is -0.141. The number of thiophene rings is 1. The third-order valence-corrected chi connectivity index (χ3v) is 7.52. The van der Waals surface area contributed by atoms with Crippen LogP contribution >= 0.6 is 11.3 Å². The van der Waals surface area contributed by atoms with E-state index in [9.17, 15) is 18.0 Å². The molecule has 3 aromatic rings. The van der Waals surface area contributed by atoms with E-state index in [0.29, 0.717) is 25.2 Å². The molecule has 0 N–H and O–H groups in total. The zero-order valence-corrected chi connectivity index (χ0v) is 20.2. The summed E-state index contributed by atoms with van der Waals surface area (Å²) in [6, 6.07) is 9.34. The molecule has 1 aromatic carbocycles. The molecule has 1 amide bonds. The van der Waals surface area contributed by atoms with Gasteiger partial charge in [0.25, 0.3) is 0 Å². The zero-order valence-electron chi connectivity index (χ0n) is 19.4. The Hall–Kier alpha value is -2.87. The fourth-order valence-electron chi connectivity index (χ4n) is 4.52. The molecule has 3 heterocycles. The molecule has 8 heteroatoms. The van der Waals surface area contributed by atoms with Crippen LogP contribution in [-0.2, 0) is 30.5 Å². The van der Waals surface area contributed by atoms with Crippen LogP contribution in [0.5, 0.6) is 0 Å². The van der Waals surface area contributed by atoms with E-state index in [1.807, 2.05) is 19.1 Å². The van der Waals surface area contributed by atoms with E-state index < -0.39 is 11.9 Å². The first-order valence-electron chi connectivity index (χ1n) is 11.5. The highest BCUT2D eigenvalue weighted by atomic mass is 32.1. The first kappa shape index (κ1) is 24.3. The summed E-state index contributed by atoms with van der Waals surface area (Å²) in [7, 11) is 0. The second-order valence-electron chi connectivity index (χ2n) is 8.51. The van der Waals surface area contributed by atoms with Crippen molar-refractivity contribution in [3.05, 3.63) is 75.8 Å². The van der Waals surface area contributed by atoms with Crippen LogP contribution in [0.3, 0.4) is 0 Å². The number of carbonyl (C=O) groups is 1. The second kappa shape index (κ2) is 9.78. The monoisotopic (exact) mass is 487 g/mol. The molecule has 1 aliphatic heterocycles. The molecule has 0 saturated carbocycles. The van der Waals surface area contributed by atoms with Gasteiger partial charge >= 0.3 is 6.18 Å². The lowest BCUT2D eigenvalue weighted by Crippen LogP contribution is -2.37. The maximum absolute atomic E-state index is 14.0. The minimum Gasteiger partial charge on any atom is -0.333 e. The highest BCUT2D eigenvalue weighted by Gasteiger charge is 2.39. The van der Waals surface area contributed by atoms with Gasteiger partial charge in [0.2, 0.25) is 5.91 Å². The predicted molar refractivity (Wildman–Crippen MR) is 129 cm³/mol. The summed E-state index contributed by atoms with van der Waals surface area (Å²) in [5, 5.41) is 3.92. The predicted octanol–water partition coefficient (Wildman–Crippen LogP) is 6.65. The molecule has 180 valence electrons. The van der Waals surface area contributed by atoms with E-state index in [-0.39, 0.29) is 17.4 Å². The SMILES string of the molecule is C=CC(=O)N1Cc2sc(CC)cc2C(c2ccccc2-c2cn(CCCC)nc2C(F)(F)F)C1. The summed E-state index contributed by atoms with van der Waals surface area (Å²) in [4.78, 5) is 16.5. The molecule has 0 spiro atoms. The lowest BCUT2D eigenvalue weighted by atomic mass is 9.83. The lowest BCUT2D eigenvalue weighted by Gasteiger charge is -2.33. The van der Waals surface area contributed by atoms with E-state index in [4.69, 9.17) is 0 Å². The number of unbranched alkanes of at least 4 members (excludes halogenated alkanes) is 1. The van der Waals surface area contributed by atoms with Crippen LogP contribution < -0.4 is 0 Å². The Bertz CT molecular complexity index is 1190. The summed E-state index contributed by atoms with van der Waals surface area (Å²) >= 11 is 1.66. The summed E-state index contributed by atoms with van der Waals surface area (Å²) < 4.78 is 43.4. The molecule has 1 unspecified atom stereocenters. The summed E-state index contributed by atoms with van der Waals surface area (Å²) in [6.07, 6.45) is 0.715. The van der Waals surface area contributed by atoms with Crippen molar-refractivity contribution in [2.24, 2.45) is 0 Å². The fourth-order valence-corrected chi connectivity index (χ4v) is 5.71. The molecule has 1 aliphatic rings. The first-order valence-corrected chi connectivity index (χ1v) is 12.3. The molecule has 34 heavy (non-hydrogen) atoms. The van der Waals surface area contributed by atoms with Crippen molar-refractivity contribution in [2.45, 2.75) is 58.3 Å². The molecule has 0 fully saturated rings. The van der Waals surface area contributed by atoms with Gasteiger partial charge in [0.1, 0.15) is 0 Å². The average molecular weight is 488 g/mol. The molecule has 4 nitrogen and oxygen atoms in total. The topological polar surface area (TPSA) is 38.1 Å². The van der Waals surface area contributed by atoms with Gasteiger partial charge in [-0.15, -0.1) is 11.3 Å². The van der Waals surface area contributed by atoms with Crippen LogP contribution in [-0.4, -0.2) is 27.1 Å². The number of halogens is 3. The average Bonchev–Trinajstić information content (AvgIpc) is 3.45. The number of fused-ring (bicyclic) bond motifs is 1. The van der Waals surface area contributed by atoms with Gasteiger partial charge in [0.05, 0.1) is 6.54 Å². The third-order valence-electron chi connectivity index (χ3n) is 6.24. The largest absolute Gasteiger partial charge is 0.435 e. The van der Waals surface area contributed by atoms with Crippen molar-refractivity contribution >= 4 is 17.2 Å². The number of hydrogen-bond donors (Lipinski definition) is 0.